The molecule has 0 N–H and O–H groups in total. The maximum absolute atomic E-state index is 14.7. The molecule has 9 aromatic carbocycles. The Morgan fingerprint density at radius 3 is 1.74 bits per heavy atom. The number of carbonyl (C=O) groups excluding carboxylic acids is 1. The van der Waals surface area contributed by atoms with Crippen LogP contribution in [0.3, 0.4) is 0 Å². The molecule has 2 aliphatic heterocycles. The van der Waals surface area contributed by atoms with Gasteiger partial charge in [-0.15, -0.1) is 0 Å². The SMILES string of the molecule is Cc1c(N2c3ccccc3C(C)(C)c3cc4c(cc32)c2ccccc2n4-c2ccccc2)ccc2c1-c1cc(N3c4ccccc4C(C)(C)c4cc5c(cc43)c3ccccc3n5C3C=CC=CC3)ccc1C2=O. The number of rotatable bonds is 4. The van der Waals surface area contributed by atoms with Crippen molar-refractivity contribution < 1.29 is 4.79 Å². The van der Waals surface area contributed by atoms with Crippen LogP contribution in [0.25, 0.3) is 60.4 Å². The van der Waals surface area contributed by atoms with Crippen molar-refractivity contribution in [3.63, 3.8) is 0 Å². The second-order valence-electron chi connectivity index (χ2n) is 21.6. The molecule has 15 rings (SSSR count). The van der Waals surface area contributed by atoms with Crippen LogP contribution >= 0.6 is 0 Å². The molecule has 1 atom stereocenters. The Morgan fingerprint density at radius 2 is 1.03 bits per heavy atom. The van der Waals surface area contributed by atoms with Crippen molar-refractivity contribution in [3.8, 4) is 16.8 Å². The predicted molar refractivity (Wildman–Crippen MR) is 303 cm³/mol. The largest absolute Gasteiger partial charge is 0.333 e. The molecular weight excluding hydrogens is 889 g/mol. The standard InChI is InChI=1S/C68H52N4O/c1-41-56(72-60-31-19-15-27-53(60)68(4,5)55-40-62-50(38-64(55)72)46-25-13-17-29-58(46)70(62)43-22-10-7-11-23-43)35-34-48-65(41)51-36-44(32-33-47(51)66(48)73)71-59-30-18-14-26-52(59)67(2,3)54-39-61-49(37-63(54)71)45-24-12-16-28-57(45)69(61)42-20-8-6-9-21-42/h6-20,22-40,42H,21H2,1-5H3. The van der Waals surface area contributed by atoms with Gasteiger partial charge in [-0.3, -0.25) is 4.79 Å². The lowest BCUT2D eigenvalue weighted by Crippen LogP contribution is -2.31. The van der Waals surface area contributed by atoms with Crippen molar-refractivity contribution in [2.24, 2.45) is 0 Å². The van der Waals surface area contributed by atoms with E-state index in [0.717, 1.165) is 74.0 Å². The summed E-state index contributed by atoms with van der Waals surface area (Å²) in [5, 5.41) is 4.92. The Morgan fingerprint density at radius 1 is 0.438 bits per heavy atom. The average molecular weight is 941 g/mol. The molecule has 0 fully saturated rings. The fourth-order valence-electron chi connectivity index (χ4n) is 13.6. The van der Waals surface area contributed by atoms with Gasteiger partial charge in [0, 0.05) is 66.1 Å². The smallest absolute Gasteiger partial charge is 0.194 e. The monoisotopic (exact) mass is 940 g/mol. The van der Waals surface area contributed by atoms with E-state index in [1.165, 1.54) is 65.9 Å². The normalized spacial score (nSPS) is 16.7. The average Bonchev–Trinajstić information content (AvgIpc) is 4.03. The second-order valence-corrected chi connectivity index (χ2v) is 21.6. The number of benzene rings is 9. The second kappa shape index (κ2) is 14.9. The quantitative estimate of drug-likeness (QED) is 0.176. The van der Waals surface area contributed by atoms with Crippen molar-refractivity contribution in [2.45, 2.75) is 57.9 Å². The lowest BCUT2D eigenvalue weighted by Gasteiger charge is -2.43. The molecule has 0 amide bonds. The van der Waals surface area contributed by atoms with Gasteiger partial charge in [-0.05, 0) is 143 Å². The van der Waals surface area contributed by atoms with E-state index in [4.69, 9.17) is 0 Å². The van der Waals surface area contributed by atoms with Crippen molar-refractivity contribution in [3.05, 3.63) is 245 Å². The number of allylic oxidation sites excluding steroid dienone is 4. The minimum absolute atomic E-state index is 0.0731. The molecule has 1 unspecified atom stereocenters. The van der Waals surface area contributed by atoms with Crippen LogP contribution in [0.15, 0.2) is 206 Å². The molecule has 0 bridgehead atoms. The highest BCUT2D eigenvalue weighted by Crippen LogP contribution is 2.58. The van der Waals surface area contributed by atoms with Crippen LogP contribution in [0.1, 0.15) is 83.9 Å². The summed E-state index contributed by atoms with van der Waals surface area (Å²) in [6.45, 7) is 11.7. The number of hydrogen-bond donors (Lipinski definition) is 0. The zero-order valence-corrected chi connectivity index (χ0v) is 41.6. The van der Waals surface area contributed by atoms with Gasteiger partial charge in [0.05, 0.1) is 45.3 Å². The fourth-order valence-corrected chi connectivity index (χ4v) is 13.6. The van der Waals surface area contributed by atoms with Gasteiger partial charge in [0.2, 0.25) is 0 Å². The molecule has 0 radical (unpaired) electrons. The number of hydrogen-bond acceptors (Lipinski definition) is 3. The molecular formula is C68H52N4O. The number of ketones is 1. The highest BCUT2D eigenvalue weighted by molar-refractivity contribution is 6.23. The zero-order chi connectivity index (χ0) is 49.1. The lowest BCUT2D eigenvalue weighted by atomic mass is 9.73. The third-order valence-electron chi connectivity index (χ3n) is 17.1. The maximum atomic E-state index is 14.7. The van der Waals surface area contributed by atoms with Crippen molar-refractivity contribution in [1.82, 2.24) is 9.13 Å². The van der Waals surface area contributed by atoms with Crippen LogP contribution in [-0.4, -0.2) is 14.9 Å². The number of nitrogens with zero attached hydrogens (tertiary/aromatic N) is 4. The lowest BCUT2D eigenvalue weighted by molar-refractivity contribution is 0.104. The zero-order valence-electron chi connectivity index (χ0n) is 41.6. The van der Waals surface area contributed by atoms with Gasteiger partial charge in [0.1, 0.15) is 0 Å². The summed E-state index contributed by atoms with van der Waals surface area (Å²) in [6, 6.07) is 67.0. The van der Waals surface area contributed by atoms with Crippen LogP contribution in [0.4, 0.5) is 34.1 Å². The van der Waals surface area contributed by atoms with Crippen molar-refractivity contribution in [2.75, 3.05) is 9.80 Å². The third-order valence-corrected chi connectivity index (χ3v) is 17.1. The van der Waals surface area contributed by atoms with Crippen LogP contribution < -0.4 is 9.80 Å². The van der Waals surface area contributed by atoms with Crippen molar-refractivity contribution >= 4 is 83.5 Å². The first kappa shape index (κ1) is 42.1. The van der Waals surface area contributed by atoms with E-state index in [9.17, 15) is 4.79 Å². The molecule has 350 valence electrons. The Hall–Kier alpha value is -8.67. The summed E-state index contributed by atoms with van der Waals surface area (Å²) >= 11 is 0. The number of fused-ring (bicyclic) bond motifs is 13. The van der Waals surface area contributed by atoms with Gasteiger partial charge in [-0.1, -0.05) is 143 Å². The Balaban J connectivity index is 0.935. The van der Waals surface area contributed by atoms with E-state index in [0.29, 0.717) is 0 Å². The van der Waals surface area contributed by atoms with Crippen LogP contribution in [0, 0.1) is 6.92 Å². The highest BCUT2D eigenvalue weighted by Gasteiger charge is 2.41. The number of anilines is 6. The van der Waals surface area contributed by atoms with Gasteiger partial charge in [0.15, 0.2) is 5.78 Å². The summed E-state index contributed by atoms with van der Waals surface area (Å²) < 4.78 is 4.97. The van der Waals surface area contributed by atoms with Crippen molar-refractivity contribution in [1.29, 1.82) is 0 Å². The summed E-state index contributed by atoms with van der Waals surface area (Å²) in [5.41, 5.74) is 21.8. The predicted octanol–water partition coefficient (Wildman–Crippen LogP) is 17.7. The van der Waals surface area contributed by atoms with Crippen LogP contribution in [0.2, 0.25) is 0 Å². The first-order chi connectivity index (χ1) is 35.6. The van der Waals surface area contributed by atoms with Gasteiger partial charge >= 0.3 is 0 Å². The minimum atomic E-state index is -0.309. The molecule has 4 heterocycles. The van der Waals surface area contributed by atoms with Crippen LogP contribution in [-0.2, 0) is 10.8 Å². The molecule has 0 spiro atoms. The fraction of sp³-hybridized carbons (Fsp3) is 0.132. The van der Waals surface area contributed by atoms with Gasteiger partial charge < -0.3 is 18.9 Å². The maximum Gasteiger partial charge on any atom is 0.194 e. The molecule has 2 aromatic heterocycles. The third kappa shape index (κ3) is 5.65. The summed E-state index contributed by atoms with van der Waals surface area (Å²) in [7, 11) is 0. The number of aromatic nitrogens is 2. The van der Waals surface area contributed by atoms with Gasteiger partial charge in [-0.25, -0.2) is 0 Å². The van der Waals surface area contributed by atoms with Crippen LogP contribution in [0.5, 0.6) is 0 Å². The summed E-state index contributed by atoms with van der Waals surface area (Å²) in [6.07, 6.45) is 9.91. The molecule has 5 nitrogen and oxygen atoms in total. The van der Waals surface area contributed by atoms with E-state index in [-0.39, 0.29) is 22.7 Å². The first-order valence-corrected chi connectivity index (χ1v) is 25.8. The van der Waals surface area contributed by atoms with E-state index in [2.05, 4.69) is 260 Å². The molecule has 5 heteroatoms. The number of para-hydroxylation sites is 5. The van der Waals surface area contributed by atoms with E-state index in [1.54, 1.807) is 0 Å². The Bertz CT molecular complexity index is 4290. The number of carbonyl (C=O) groups is 1. The molecule has 0 saturated carbocycles. The Kier molecular flexibility index (Phi) is 8.61. The molecule has 2 aliphatic carbocycles. The van der Waals surface area contributed by atoms with Gasteiger partial charge in [0.25, 0.3) is 0 Å². The van der Waals surface area contributed by atoms with Gasteiger partial charge in [-0.2, -0.15) is 0 Å². The summed E-state index contributed by atoms with van der Waals surface area (Å²) in [4.78, 5) is 19.7. The van der Waals surface area contributed by atoms with E-state index >= 15 is 0 Å². The van der Waals surface area contributed by atoms with E-state index in [1.807, 2.05) is 0 Å². The first-order valence-electron chi connectivity index (χ1n) is 25.8. The highest BCUT2D eigenvalue weighted by atomic mass is 16.1. The molecule has 11 aromatic rings. The molecule has 73 heavy (non-hydrogen) atoms. The minimum Gasteiger partial charge on any atom is -0.333 e. The summed E-state index contributed by atoms with van der Waals surface area (Å²) in [5.74, 6) is 0.0731. The molecule has 4 aliphatic rings. The van der Waals surface area contributed by atoms with E-state index < -0.39 is 0 Å². The molecule has 0 saturated heterocycles. The topological polar surface area (TPSA) is 33.4 Å². The Labute approximate surface area is 425 Å².